The quantitative estimate of drug-likeness (QED) is 0.494. The van der Waals surface area contributed by atoms with Crippen molar-refractivity contribution in [2.24, 2.45) is 5.92 Å². The summed E-state index contributed by atoms with van der Waals surface area (Å²) in [7, 11) is 0. The maximum absolute atomic E-state index is 3.63. The molecule has 0 spiro atoms. The van der Waals surface area contributed by atoms with E-state index >= 15 is 0 Å². The van der Waals surface area contributed by atoms with Crippen LogP contribution in [0.5, 0.6) is 0 Å². The highest BCUT2D eigenvalue weighted by Crippen LogP contribution is 2.25. The minimum Gasteiger partial charge on any atom is -0.0991 e. The molecule has 1 rings (SSSR count). The molecule has 1 saturated carbocycles. The first kappa shape index (κ1) is 6.60. The summed E-state index contributed by atoms with van der Waals surface area (Å²) in [5.74, 6) is 0.864. The van der Waals surface area contributed by atoms with Crippen LogP contribution in [0.25, 0.3) is 0 Å². The molecule has 0 unspecified atom stereocenters. The first-order valence-corrected chi connectivity index (χ1v) is 3.72. The van der Waals surface area contributed by atoms with E-state index in [1.807, 2.05) is 6.08 Å². The van der Waals surface area contributed by atoms with Crippen LogP contribution in [0.2, 0.25) is 0 Å². The monoisotopic (exact) mass is 122 g/mol. The van der Waals surface area contributed by atoms with E-state index in [-0.39, 0.29) is 0 Å². The van der Waals surface area contributed by atoms with Gasteiger partial charge in [-0.1, -0.05) is 37.6 Å². The van der Waals surface area contributed by atoms with E-state index in [9.17, 15) is 0 Å². The second kappa shape index (κ2) is 3.49. The third-order valence-electron chi connectivity index (χ3n) is 1.92. The highest BCUT2D eigenvalue weighted by atomic mass is 14.2. The molecule has 1 aliphatic carbocycles. The smallest absolute Gasteiger partial charge is 0.0230 e. The molecule has 0 saturated heterocycles. The molecule has 0 aromatic carbocycles. The van der Waals surface area contributed by atoms with Crippen molar-refractivity contribution in [3.05, 3.63) is 24.8 Å². The third kappa shape index (κ3) is 2.05. The van der Waals surface area contributed by atoms with Crippen LogP contribution >= 0.6 is 0 Å². The summed E-state index contributed by atoms with van der Waals surface area (Å²) in [5, 5.41) is 0. The summed E-state index contributed by atoms with van der Waals surface area (Å²) in [5.41, 5.74) is 0. The van der Waals surface area contributed by atoms with E-state index in [1.54, 1.807) is 0 Å². The third-order valence-corrected chi connectivity index (χ3v) is 1.92. The van der Waals surface area contributed by atoms with E-state index in [0.29, 0.717) is 0 Å². The van der Waals surface area contributed by atoms with Crippen LogP contribution in [-0.4, -0.2) is 0 Å². The Morgan fingerprint density at radius 1 is 1.22 bits per heavy atom. The van der Waals surface area contributed by atoms with Gasteiger partial charge in [0.15, 0.2) is 0 Å². The Balaban J connectivity index is 2.25. The molecule has 0 N–H and O–H groups in total. The predicted octanol–water partition coefficient (Wildman–Crippen LogP) is 2.92. The van der Waals surface area contributed by atoms with Crippen LogP contribution in [0.3, 0.4) is 0 Å². The molecule has 0 radical (unpaired) electrons. The van der Waals surface area contributed by atoms with Gasteiger partial charge in [-0.05, 0) is 18.8 Å². The Kier molecular flexibility index (Phi) is 2.56. The Morgan fingerprint density at radius 3 is 2.44 bits per heavy atom. The fraction of sp³-hybridized carbons (Fsp3) is 0.556. The molecule has 0 heterocycles. The van der Waals surface area contributed by atoms with Crippen molar-refractivity contribution in [2.75, 3.05) is 0 Å². The molecule has 1 fully saturated rings. The van der Waals surface area contributed by atoms with Gasteiger partial charge in [0, 0.05) is 0 Å². The summed E-state index contributed by atoms with van der Waals surface area (Å²) in [6.07, 6.45) is 11.8. The zero-order valence-corrected chi connectivity index (χ0v) is 5.84. The normalized spacial score (nSPS) is 21.3. The van der Waals surface area contributed by atoms with Crippen molar-refractivity contribution in [2.45, 2.75) is 25.7 Å². The van der Waals surface area contributed by atoms with Crippen LogP contribution < -0.4 is 0 Å². The molecule has 0 aromatic heterocycles. The van der Waals surface area contributed by atoms with Gasteiger partial charge in [-0.15, -0.1) is 0 Å². The van der Waals surface area contributed by atoms with Gasteiger partial charge >= 0.3 is 0 Å². The van der Waals surface area contributed by atoms with Crippen molar-refractivity contribution in [3.63, 3.8) is 0 Å². The van der Waals surface area contributed by atoms with Crippen molar-refractivity contribution in [1.29, 1.82) is 0 Å². The summed E-state index contributed by atoms with van der Waals surface area (Å²) in [6.45, 7) is 3.63. The van der Waals surface area contributed by atoms with Gasteiger partial charge in [0.25, 0.3) is 0 Å². The highest BCUT2D eigenvalue weighted by Gasteiger charge is 2.10. The van der Waals surface area contributed by atoms with Crippen LogP contribution in [0.1, 0.15) is 25.7 Å². The first-order chi connectivity index (χ1) is 4.43. The highest BCUT2D eigenvalue weighted by molar-refractivity contribution is 5.00. The molecule has 0 nitrogen and oxygen atoms in total. The van der Waals surface area contributed by atoms with Gasteiger partial charge in [-0.25, -0.2) is 0 Å². The fourth-order valence-electron chi connectivity index (χ4n) is 1.39. The molecule has 0 aromatic rings. The average molecular weight is 122 g/mol. The van der Waals surface area contributed by atoms with E-state index in [4.69, 9.17) is 0 Å². The topological polar surface area (TPSA) is 0 Å². The van der Waals surface area contributed by atoms with Gasteiger partial charge in [0.05, 0.1) is 0 Å². The van der Waals surface area contributed by atoms with E-state index in [0.717, 1.165) is 5.92 Å². The lowest BCUT2D eigenvalue weighted by Crippen LogP contribution is -1.83. The van der Waals surface area contributed by atoms with Gasteiger partial charge in [0.2, 0.25) is 0 Å². The molecule has 9 heavy (non-hydrogen) atoms. The van der Waals surface area contributed by atoms with Crippen molar-refractivity contribution in [1.82, 2.24) is 0 Å². The van der Waals surface area contributed by atoms with E-state index in [2.05, 4.69) is 18.7 Å². The largest absolute Gasteiger partial charge is 0.0991 e. The van der Waals surface area contributed by atoms with Gasteiger partial charge < -0.3 is 0 Å². The summed E-state index contributed by atoms with van der Waals surface area (Å²) in [6, 6.07) is 0. The zero-order chi connectivity index (χ0) is 6.53. The van der Waals surface area contributed by atoms with Crippen molar-refractivity contribution < 1.29 is 0 Å². The molecule has 0 heteroatoms. The summed E-state index contributed by atoms with van der Waals surface area (Å²) in [4.78, 5) is 0. The molecular weight excluding hydrogens is 108 g/mol. The first-order valence-electron chi connectivity index (χ1n) is 3.72. The number of rotatable bonds is 2. The van der Waals surface area contributed by atoms with Crippen LogP contribution in [0, 0.1) is 5.92 Å². The van der Waals surface area contributed by atoms with Gasteiger partial charge in [0.1, 0.15) is 0 Å². The van der Waals surface area contributed by atoms with Crippen LogP contribution in [-0.2, 0) is 0 Å². The number of hydrogen-bond donors (Lipinski definition) is 0. The summed E-state index contributed by atoms with van der Waals surface area (Å²) >= 11 is 0. The maximum Gasteiger partial charge on any atom is -0.0230 e. The Hall–Kier alpha value is -0.520. The lowest BCUT2D eigenvalue weighted by atomic mass is 10.1. The Bertz CT molecular complexity index is 105. The van der Waals surface area contributed by atoms with Crippen LogP contribution in [0.15, 0.2) is 24.8 Å². The standard InChI is InChI=1S/C9H14/c1-2-3-6-9-7-4-5-8-9/h2-3,6,9H,1,4-5,7-8H2. The number of allylic oxidation sites excluding steroid dienone is 3. The van der Waals surface area contributed by atoms with Crippen LogP contribution in [0.4, 0.5) is 0 Å². The molecular formula is C9H14. The second-order valence-corrected chi connectivity index (χ2v) is 2.67. The predicted molar refractivity (Wildman–Crippen MR) is 41.3 cm³/mol. The maximum atomic E-state index is 3.63. The van der Waals surface area contributed by atoms with Gasteiger partial charge in [-0.3, -0.25) is 0 Å². The lowest BCUT2D eigenvalue weighted by Gasteiger charge is -1.96. The van der Waals surface area contributed by atoms with Crippen molar-refractivity contribution >= 4 is 0 Å². The molecule has 0 bridgehead atoms. The molecule has 0 amide bonds. The SMILES string of the molecule is C=CC=CC1CCCC1. The minimum atomic E-state index is 0.864. The van der Waals surface area contributed by atoms with E-state index < -0.39 is 0 Å². The molecule has 0 aliphatic heterocycles. The summed E-state index contributed by atoms with van der Waals surface area (Å²) < 4.78 is 0. The van der Waals surface area contributed by atoms with Gasteiger partial charge in [-0.2, -0.15) is 0 Å². The van der Waals surface area contributed by atoms with E-state index in [1.165, 1.54) is 25.7 Å². The zero-order valence-electron chi connectivity index (χ0n) is 5.84. The molecule has 0 atom stereocenters. The lowest BCUT2D eigenvalue weighted by molar-refractivity contribution is 0.686. The molecule has 1 aliphatic rings. The van der Waals surface area contributed by atoms with Crippen molar-refractivity contribution in [3.8, 4) is 0 Å². The Labute approximate surface area is 57.3 Å². The fourth-order valence-corrected chi connectivity index (χ4v) is 1.39. The Morgan fingerprint density at radius 2 is 1.89 bits per heavy atom. The molecule has 50 valence electrons. The number of hydrogen-bond acceptors (Lipinski definition) is 0. The minimum absolute atomic E-state index is 0.864. The average Bonchev–Trinajstić information content (AvgIpc) is 2.34. The second-order valence-electron chi connectivity index (χ2n) is 2.67.